The number of hydrogen-bond donors (Lipinski definition) is 0. The third-order valence-corrected chi connectivity index (χ3v) is 3.29. The highest BCUT2D eigenvalue weighted by atomic mass is 14.1. The van der Waals surface area contributed by atoms with Crippen molar-refractivity contribution in [3.05, 3.63) is 84.4 Å². The van der Waals surface area contributed by atoms with E-state index >= 15 is 0 Å². The first-order valence-electron chi connectivity index (χ1n) is 7.97. The van der Waals surface area contributed by atoms with Crippen molar-refractivity contribution in [1.29, 1.82) is 0 Å². The lowest BCUT2D eigenvalue weighted by Crippen LogP contribution is -1.84. The molecule has 0 bridgehead atoms. The van der Waals surface area contributed by atoms with Crippen molar-refractivity contribution in [2.75, 3.05) is 0 Å². The second-order valence-corrected chi connectivity index (χ2v) is 5.53. The van der Waals surface area contributed by atoms with Gasteiger partial charge in [0.15, 0.2) is 0 Å². The van der Waals surface area contributed by atoms with Crippen LogP contribution in [-0.2, 0) is 0 Å². The maximum atomic E-state index is 2.26. The van der Waals surface area contributed by atoms with E-state index in [1.54, 1.807) is 0 Å². The summed E-state index contributed by atoms with van der Waals surface area (Å²) in [6, 6.07) is 27.8. The molecule has 0 unspecified atom stereocenters. The molecule has 22 heavy (non-hydrogen) atoms. The summed E-state index contributed by atoms with van der Waals surface area (Å²) in [5.41, 5.74) is 6.38. The maximum absolute atomic E-state index is 2.26. The smallest absolute Gasteiger partial charge is 0.0175 e. The molecule has 0 radical (unpaired) electrons. The Morgan fingerprint density at radius 1 is 0.545 bits per heavy atom. The first-order chi connectivity index (χ1) is 10.7. The van der Waals surface area contributed by atoms with Crippen LogP contribution in [0.3, 0.4) is 0 Å². The zero-order valence-electron chi connectivity index (χ0n) is 13.7. The van der Waals surface area contributed by atoms with Gasteiger partial charge in [-0.15, -0.1) is 0 Å². The lowest BCUT2D eigenvalue weighted by molar-refractivity contribution is 1.09. The molecule has 112 valence electrons. The minimum Gasteiger partial charge on any atom is -0.0656 e. The Balaban J connectivity index is 0.000000545. The van der Waals surface area contributed by atoms with E-state index in [0.717, 1.165) is 0 Å². The lowest BCUT2D eigenvalue weighted by Gasteiger charge is -2.08. The first kappa shape index (κ1) is 16.0. The monoisotopic (exact) mass is 288 g/mol. The van der Waals surface area contributed by atoms with E-state index in [2.05, 4.69) is 99.6 Å². The summed E-state index contributed by atoms with van der Waals surface area (Å²) in [7, 11) is 0. The van der Waals surface area contributed by atoms with Crippen LogP contribution in [0.25, 0.3) is 22.3 Å². The normalized spacial score (nSPS) is 9.77. The second kappa shape index (κ2) is 8.19. The molecule has 3 rings (SSSR count). The third kappa shape index (κ3) is 4.33. The summed E-state index contributed by atoms with van der Waals surface area (Å²) in [5.74, 6) is 0. The van der Waals surface area contributed by atoms with Gasteiger partial charge >= 0.3 is 0 Å². The summed E-state index contributed by atoms with van der Waals surface area (Å²) < 4.78 is 0. The standard InChI is InChI=1S/C19H16.C3H8/c1-15-12-18(16-8-4-2-5-9-16)14-19(13-15)17-10-6-3-7-11-17;1-3-2/h2-14H,1H3;3H2,1-2H3. The van der Waals surface area contributed by atoms with E-state index in [1.165, 1.54) is 34.2 Å². The molecule has 0 amide bonds. The quantitative estimate of drug-likeness (QED) is 0.489. The van der Waals surface area contributed by atoms with Gasteiger partial charge in [0.2, 0.25) is 0 Å². The number of hydrogen-bond acceptors (Lipinski definition) is 0. The molecule has 3 aromatic carbocycles. The third-order valence-electron chi connectivity index (χ3n) is 3.29. The molecule has 0 aliphatic heterocycles. The molecule has 0 heterocycles. The molecule has 0 saturated carbocycles. The Morgan fingerprint density at radius 3 is 1.27 bits per heavy atom. The van der Waals surface area contributed by atoms with E-state index in [4.69, 9.17) is 0 Å². The van der Waals surface area contributed by atoms with Gasteiger partial charge in [-0.1, -0.05) is 93.1 Å². The van der Waals surface area contributed by atoms with E-state index in [0.29, 0.717) is 0 Å². The van der Waals surface area contributed by atoms with Crippen LogP contribution in [0.4, 0.5) is 0 Å². The molecule has 0 saturated heterocycles. The van der Waals surface area contributed by atoms with Crippen LogP contribution in [0.5, 0.6) is 0 Å². The van der Waals surface area contributed by atoms with Crippen LogP contribution in [0.1, 0.15) is 25.8 Å². The van der Waals surface area contributed by atoms with Crippen molar-refractivity contribution in [3.8, 4) is 22.3 Å². The highest BCUT2D eigenvalue weighted by Crippen LogP contribution is 2.27. The fraction of sp³-hybridized carbons (Fsp3) is 0.182. The van der Waals surface area contributed by atoms with E-state index < -0.39 is 0 Å². The first-order valence-corrected chi connectivity index (χ1v) is 7.97. The summed E-state index contributed by atoms with van der Waals surface area (Å²) in [5, 5.41) is 0. The molecule has 0 atom stereocenters. The van der Waals surface area contributed by atoms with Crippen LogP contribution < -0.4 is 0 Å². The highest BCUT2D eigenvalue weighted by Gasteiger charge is 2.02. The Labute approximate surface area is 134 Å². The Hall–Kier alpha value is -2.34. The Kier molecular flexibility index (Phi) is 5.97. The van der Waals surface area contributed by atoms with Gasteiger partial charge in [0.05, 0.1) is 0 Å². The van der Waals surface area contributed by atoms with Crippen molar-refractivity contribution in [1.82, 2.24) is 0 Å². The van der Waals surface area contributed by atoms with E-state index in [1.807, 2.05) is 0 Å². The molecule has 0 fully saturated rings. The van der Waals surface area contributed by atoms with Gasteiger partial charge in [-0.05, 0) is 40.8 Å². The van der Waals surface area contributed by atoms with Crippen LogP contribution in [0, 0.1) is 6.92 Å². The van der Waals surface area contributed by atoms with Crippen LogP contribution in [0.2, 0.25) is 0 Å². The molecule has 0 aliphatic carbocycles. The maximum Gasteiger partial charge on any atom is -0.0175 e. The van der Waals surface area contributed by atoms with Gasteiger partial charge in [0, 0.05) is 0 Å². The SMILES string of the molecule is CCC.Cc1cc(-c2ccccc2)cc(-c2ccccc2)c1. The summed E-state index contributed by atoms with van der Waals surface area (Å²) in [4.78, 5) is 0. The molecule has 0 aromatic heterocycles. The average molecular weight is 288 g/mol. The van der Waals surface area contributed by atoms with Gasteiger partial charge < -0.3 is 0 Å². The Morgan fingerprint density at radius 2 is 0.909 bits per heavy atom. The topological polar surface area (TPSA) is 0 Å². The lowest BCUT2D eigenvalue weighted by atomic mass is 9.97. The molecular weight excluding hydrogens is 264 g/mol. The van der Waals surface area contributed by atoms with Crippen LogP contribution in [0.15, 0.2) is 78.9 Å². The van der Waals surface area contributed by atoms with Crippen molar-refractivity contribution in [2.24, 2.45) is 0 Å². The molecule has 0 spiro atoms. The number of benzene rings is 3. The predicted octanol–water partition coefficient (Wildman–Crippen LogP) is 6.75. The van der Waals surface area contributed by atoms with Crippen molar-refractivity contribution >= 4 is 0 Å². The van der Waals surface area contributed by atoms with Gasteiger partial charge in [0.25, 0.3) is 0 Å². The average Bonchev–Trinajstić information content (AvgIpc) is 2.57. The van der Waals surface area contributed by atoms with Crippen molar-refractivity contribution < 1.29 is 0 Å². The van der Waals surface area contributed by atoms with Gasteiger partial charge in [-0.25, -0.2) is 0 Å². The molecule has 0 N–H and O–H groups in total. The molecule has 0 nitrogen and oxygen atoms in total. The summed E-state index contributed by atoms with van der Waals surface area (Å²) in [6.07, 6.45) is 1.25. The highest BCUT2D eigenvalue weighted by molar-refractivity contribution is 5.74. The predicted molar refractivity (Wildman–Crippen MR) is 98.0 cm³/mol. The van der Waals surface area contributed by atoms with Crippen molar-refractivity contribution in [2.45, 2.75) is 27.2 Å². The zero-order valence-corrected chi connectivity index (χ0v) is 13.7. The summed E-state index contributed by atoms with van der Waals surface area (Å²) >= 11 is 0. The van der Waals surface area contributed by atoms with Crippen molar-refractivity contribution in [3.63, 3.8) is 0 Å². The minimum atomic E-state index is 1.25. The fourth-order valence-corrected chi connectivity index (χ4v) is 2.38. The zero-order chi connectivity index (χ0) is 15.8. The van der Waals surface area contributed by atoms with E-state index in [-0.39, 0.29) is 0 Å². The summed E-state index contributed by atoms with van der Waals surface area (Å²) in [6.45, 7) is 6.40. The molecule has 0 aliphatic rings. The molecular formula is C22H24. The second-order valence-electron chi connectivity index (χ2n) is 5.53. The van der Waals surface area contributed by atoms with Gasteiger partial charge in [0.1, 0.15) is 0 Å². The molecule has 3 aromatic rings. The van der Waals surface area contributed by atoms with Crippen LogP contribution >= 0.6 is 0 Å². The fourth-order valence-electron chi connectivity index (χ4n) is 2.38. The number of rotatable bonds is 2. The van der Waals surface area contributed by atoms with Gasteiger partial charge in [-0.2, -0.15) is 0 Å². The number of aryl methyl sites for hydroxylation is 1. The minimum absolute atomic E-state index is 1.25. The van der Waals surface area contributed by atoms with E-state index in [9.17, 15) is 0 Å². The Bertz CT molecular complexity index is 624. The largest absolute Gasteiger partial charge is 0.0656 e. The van der Waals surface area contributed by atoms with Gasteiger partial charge in [-0.3, -0.25) is 0 Å². The molecule has 0 heteroatoms. The van der Waals surface area contributed by atoms with Crippen LogP contribution in [-0.4, -0.2) is 0 Å².